The third-order valence-corrected chi connectivity index (χ3v) is 3.05. The third-order valence-electron chi connectivity index (χ3n) is 3.05. The van der Waals surface area contributed by atoms with Crippen LogP contribution in [-0.2, 0) is 11.2 Å². The first-order valence-electron chi connectivity index (χ1n) is 6.78. The number of aryl methyl sites for hydroxylation is 1. The second kappa shape index (κ2) is 7.80. The summed E-state index contributed by atoms with van der Waals surface area (Å²) in [5.41, 5.74) is 2.98. The Kier molecular flexibility index (Phi) is 6.39. The Labute approximate surface area is 120 Å². The van der Waals surface area contributed by atoms with Crippen molar-refractivity contribution in [2.24, 2.45) is 0 Å². The van der Waals surface area contributed by atoms with Gasteiger partial charge in [-0.25, -0.2) is 4.39 Å². The predicted octanol–water partition coefficient (Wildman–Crippen LogP) is 2.47. The van der Waals surface area contributed by atoms with E-state index < -0.39 is 0 Å². The molecule has 20 heavy (non-hydrogen) atoms. The number of benzene rings is 1. The number of likely N-dealkylation sites (N-methyl/N-ethyl adjacent to an activating group) is 1. The number of fused-ring (bicyclic) bond motifs is 1. The van der Waals surface area contributed by atoms with E-state index in [-0.39, 0.29) is 11.7 Å². The van der Waals surface area contributed by atoms with Gasteiger partial charge in [0.05, 0.1) is 0 Å². The van der Waals surface area contributed by atoms with Gasteiger partial charge in [0.25, 0.3) is 0 Å². The summed E-state index contributed by atoms with van der Waals surface area (Å²) < 4.78 is 13.2. The highest BCUT2D eigenvalue weighted by Crippen LogP contribution is 2.31. The van der Waals surface area contributed by atoms with Crippen LogP contribution in [0.4, 0.5) is 4.39 Å². The first kappa shape index (κ1) is 16.4. The molecule has 0 heterocycles. The van der Waals surface area contributed by atoms with E-state index in [1.54, 1.807) is 20.2 Å². The Bertz CT molecular complexity index is 495. The van der Waals surface area contributed by atoms with Gasteiger partial charge < -0.3 is 10.2 Å². The molecule has 1 aromatic rings. The quantitative estimate of drug-likeness (QED) is 0.800. The summed E-state index contributed by atoms with van der Waals surface area (Å²) in [5, 5.41) is 2.75. The number of nitrogens with one attached hydrogen (secondary N) is 1. The summed E-state index contributed by atoms with van der Waals surface area (Å²) in [6.45, 7) is 0. The van der Waals surface area contributed by atoms with Crippen LogP contribution in [0.3, 0.4) is 0 Å². The molecule has 0 saturated heterocycles. The van der Waals surface area contributed by atoms with Crippen LogP contribution >= 0.6 is 0 Å². The molecule has 1 N–H and O–H groups in total. The zero-order valence-corrected chi connectivity index (χ0v) is 12.7. The monoisotopic (exact) mass is 278 g/mol. The van der Waals surface area contributed by atoms with E-state index in [1.807, 2.05) is 20.2 Å². The lowest BCUT2D eigenvalue weighted by atomic mass is 9.87. The molecule has 0 fully saturated rings. The molecule has 3 nitrogen and oxygen atoms in total. The first-order chi connectivity index (χ1) is 9.49. The van der Waals surface area contributed by atoms with Crippen LogP contribution in [0.15, 0.2) is 24.3 Å². The second-order valence-electron chi connectivity index (χ2n) is 5.06. The number of carbonyl (C=O) groups is 1. The number of allylic oxidation sites excluding steroid dienone is 1. The maximum absolute atomic E-state index is 13.2. The zero-order valence-electron chi connectivity index (χ0n) is 12.7. The lowest BCUT2D eigenvalue weighted by Crippen LogP contribution is -2.19. The third kappa shape index (κ3) is 4.46. The van der Waals surface area contributed by atoms with Crippen LogP contribution in [0.25, 0.3) is 5.57 Å². The number of nitrogens with zero attached hydrogens (tertiary/aromatic N) is 1. The van der Waals surface area contributed by atoms with E-state index in [0.29, 0.717) is 0 Å². The lowest BCUT2D eigenvalue weighted by molar-refractivity contribution is -0.123. The van der Waals surface area contributed by atoms with Gasteiger partial charge in [0.15, 0.2) is 0 Å². The normalized spacial score (nSPS) is 15.2. The molecule has 0 bridgehead atoms. The highest BCUT2D eigenvalue weighted by atomic mass is 19.1. The van der Waals surface area contributed by atoms with Crippen molar-refractivity contribution in [2.75, 3.05) is 28.2 Å². The number of hydrogen-bond acceptors (Lipinski definition) is 2. The average molecular weight is 278 g/mol. The van der Waals surface area contributed by atoms with E-state index >= 15 is 0 Å². The molecule has 0 saturated carbocycles. The van der Waals surface area contributed by atoms with Crippen molar-refractivity contribution >= 4 is 11.5 Å². The fourth-order valence-electron chi connectivity index (χ4n) is 2.10. The molecule has 4 heteroatoms. The molecule has 0 aromatic heterocycles. The SMILES string of the molecule is CN(C)C(=O)/C=C1\CCCc2ccc(F)cc21.CNC. The van der Waals surface area contributed by atoms with Crippen molar-refractivity contribution in [2.45, 2.75) is 19.3 Å². The first-order valence-corrected chi connectivity index (χ1v) is 6.78. The van der Waals surface area contributed by atoms with E-state index in [0.717, 1.165) is 36.0 Å². The summed E-state index contributed by atoms with van der Waals surface area (Å²) in [7, 11) is 7.18. The van der Waals surface area contributed by atoms with Crippen LogP contribution in [0.1, 0.15) is 24.0 Å². The molecular formula is C16H23FN2O. The van der Waals surface area contributed by atoms with Gasteiger partial charge in [-0.15, -0.1) is 0 Å². The van der Waals surface area contributed by atoms with Gasteiger partial charge in [0.2, 0.25) is 5.91 Å². The molecule has 0 unspecified atom stereocenters. The van der Waals surface area contributed by atoms with Crippen molar-refractivity contribution in [3.63, 3.8) is 0 Å². The van der Waals surface area contributed by atoms with Crippen molar-refractivity contribution < 1.29 is 9.18 Å². The van der Waals surface area contributed by atoms with Crippen LogP contribution in [0.2, 0.25) is 0 Å². The minimum Gasteiger partial charge on any atom is -0.345 e. The van der Waals surface area contributed by atoms with Crippen LogP contribution in [0.5, 0.6) is 0 Å². The standard InChI is InChI=1S/C14H16FNO.C2H7N/c1-16(2)14(17)8-11-5-3-4-10-6-7-12(15)9-13(10)11;1-3-2/h6-9H,3-5H2,1-2H3;3H,1-2H3/b11-8+;. The zero-order chi connectivity index (χ0) is 15.1. The Morgan fingerprint density at radius 3 is 2.55 bits per heavy atom. The van der Waals surface area contributed by atoms with Gasteiger partial charge in [-0.2, -0.15) is 0 Å². The lowest BCUT2D eigenvalue weighted by Gasteiger charge is -2.19. The number of amides is 1. The number of carbonyl (C=O) groups excluding carboxylic acids is 1. The Balaban J connectivity index is 0.000000612. The van der Waals surface area contributed by atoms with Crippen molar-refractivity contribution in [3.8, 4) is 0 Å². The van der Waals surface area contributed by atoms with E-state index in [2.05, 4.69) is 5.32 Å². The van der Waals surface area contributed by atoms with Gasteiger partial charge in [-0.1, -0.05) is 6.07 Å². The number of rotatable bonds is 1. The Morgan fingerprint density at radius 1 is 1.30 bits per heavy atom. The van der Waals surface area contributed by atoms with Crippen LogP contribution < -0.4 is 5.32 Å². The summed E-state index contributed by atoms with van der Waals surface area (Å²) in [5.74, 6) is -0.286. The van der Waals surface area contributed by atoms with Crippen molar-refractivity contribution in [1.82, 2.24) is 10.2 Å². The topological polar surface area (TPSA) is 32.3 Å². The van der Waals surface area contributed by atoms with Gasteiger partial charge >= 0.3 is 0 Å². The molecular weight excluding hydrogens is 255 g/mol. The maximum Gasteiger partial charge on any atom is 0.246 e. The maximum atomic E-state index is 13.2. The van der Waals surface area contributed by atoms with Crippen molar-refractivity contribution in [1.29, 1.82) is 0 Å². The molecule has 0 atom stereocenters. The van der Waals surface area contributed by atoms with E-state index in [9.17, 15) is 9.18 Å². The molecule has 1 aliphatic carbocycles. The molecule has 1 aromatic carbocycles. The van der Waals surface area contributed by atoms with Crippen molar-refractivity contribution in [3.05, 3.63) is 41.2 Å². The van der Waals surface area contributed by atoms with E-state index in [4.69, 9.17) is 0 Å². The fourth-order valence-corrected chi connectivity index (χ4v) is 2.10. The van der Waals surface area contributed by atoms with Crippen LogP contribution in [0, 0.1) is 5.82 Å². The summed E-state index contributed by atoms with van der Waals surface area (Å²) in [6, 6.07) is 4.83. The fraction of sp³-hybridized carbons (Fsp3) is 0.438. The van der Waals surface area contributed by atoms with Gasteiger partial charge in [0.1, 0.15) is 5.82 Å². The van der Waals surface area contributed by atoms with Gasteiger partial charge in [0, 0.05) is 20.2 Å². The average Bonchev–Trinajstić information content (AvgIpc) is 2.40. The van der Waals surface area contributed by atoms with E-state index in [1.165, 1.54) is 17.0 Å². The van der Waals surface area contributed by atoms with Crippen LogP contribution in [-0.4, -0.2) is 39.0 Å². The molecule has 1 aliphatic rings. The molecule has 1 amide bonds. The Morgan fingerprint density at radius 2 is 1.95 bits per heavy atom. The Hall–Kier alpha value is -1.68. The highest BCUT2D eigenvalue weighted by Gasteiger charge is 2.16. The minimum absolute atomic E-state index is 0.0443. The number of hydrogen-bond donors (Lipinski definition) is 1. The summed E-state index contributed by atoms with van der Waals surface area (Å²) in [4.78, 5) is 13.2. The minimum atomic E-state index is -0.242. The van der Waals surface area contributed by atoms with Gasteiger partial charge in [-0.3, -0.25) is 4.79 Å². The van der Waals surface area contributed by atoms with Gasteiger partial charge in [-0.05, 0) is 62.2 Å². The highest BCUT2D eigenvalue weighted by molar-refractivity contribution is 5.95. The smallest absolute Gasteiger partial charge is 0.246 e. The summed E-state index contributed by atoms with van der Waals surface area (Å²) >= 11 is 0. The molecule has 0 aliphatic heterocycles. The molecule has 2 rings (SSSR count). The largest absolute Gasteiger partial charge is 0.345 e. The summed E-state index contributed by atoms with van der Waals surface area (Å²) in [6.07, 6.45) is 4.45. The molecule has 0 spiro atoms. The number of halogens is 1. The predicted molar refractivity (Wildman–Crippen MR) is 81.0 cm³/mol. The molecule has 0 radical (unpaired) electrons. The molecule has 110 valence electrons. The second-order valence-corrected chi connectivity index (χ2v) is 5.06.